The first-order valence-corrected chi connectivity index (χ1v) is 14.5. The summed E-state index contributed by atoms with van der Waals surface area (Å²) in [6.45, 7) is 0.141. The summed E-state index contributed by atoms with van der Waals surface area (Å²) in [6.07, 6.45) is -0.695. The van der Waals surface area contributed by atoms with Crippen LogP contribution in [0.5, 0.6) is 0 Å². The minimum Gasteiger partial charge on any atom is -0.448 e. The Kier molecular flexibility index (Phi) is 8.67. The largest absolute Gasteiger partial charge is 0.448 e. The number of nitrogens with two attached hydrogens (primary N) is 1. The van der Waals surface area contributed by atoms with Crippen molar-refractivity contribution in [2.24, 2.45) is 5.16 Å². The molecule has 2 atom stereocenters. The number of β-lactam (4-membered cyclic amide) rings is 1. The Labute approximate surface area is 244 Å². The summed E-state index contributed by atoms with van der Waals surface area (Å²) in [5, 5.41) is 7.78. The molecule has 5 rings (SSSR count). The minimum absolute atomic E-state index is 0.115. The van der Waals surface area contributed by atoms with Gasteiger partial charge in [0.1, 0.15) is 29.9 Å². The van der Waals surface area contributed by atoms with Crippen molar-refractivity contribution >= 4 is 51.7 Å². The molecule has 1 saturated heterocycles. The van der Waals surface area contributed by atoms with Crippen molar-refractivity contribution in [1.29, 1.82) is 0 Å². The maximum Gasteiger partial charge on any atom is 0.356 e. The number of oxime groups is 1. The van der Waals surface area contributed by atoms with E-state index >= 15 is 0 Å². The van der Waals surface area contributed by atoms with Crippen LogP contribution in [-0.4, -0.2) is 71.4 Å². The van der Waals surface area contributed by atoms with Crippen molar-refractivity contribution in [2.45, 2.75) is 17.5 Å². The third kappa shape index (κ3) is 5.82. The van der Waals surface area contributed by atoms with E-state index < -0.39 is 35.3 Å². The van der Waals surface area contributed by atoms with E-state index in [0.717, 1.165) is 22.5 Å². The van der Waals surface area contributed by atoms with E-state index in [2.05, 4.69) is 15.5 Å². The highest BCUT2D eigenvalue weighted by Crippen LogP contribution is 2.41. The molecule has 11 nitrogen and oxygen atoms in total. The summed E-state index contributed by atoms with van der Waals surface area (Å²) >= 11 is 2.56. The number of esters is 1. The van der Waals surface area contributed by atoms with Crippen LogP contribution in [0.2, 0.25) is 0 Å². The van der Waals surface area contributed by atoms with E-state index in [1.807, 2.05) is 60.7 Å². The van der Waals surface area contributed by atoms with Gasteiger partial charge in [-0.25, -0.2) is 9.78 Å². The number of fused-ring (bicyclic) bond motifs is 1. The van der Waals surface area contributed by atoms with Crippen LogP contribution in [0.15, 0.2) is 82.5 Å². The molecule has 2 aliphatic heterocycles. The summed E-state index contributed by atoms with van der Waals surface area (Å²) in [5.74, 6) is -1.36. The Morgan fingerprint density at radius 2 is 1.78 bits per heavy atom. The number of anilines is 1. The number of methoxy groups -OCH3 is 1. The number of rotatable bonds is 10. The number of amides is 2. The maximum absolute atomic E-state index is 13.8. The first-order valence-electron chi connectivity index (χ1n) is 12.5. The first-order chi connectivity index (χ1) is 19.9. The van der Waals surface area contributed by atoms with Gasteiger partial charge < -0.3 is 25.4 Å². The number of hydrogen-bond acceptors (Lipinski definition) is 11. The van der Waals surface area contributed by atoms with Gasteiger partial charge >= 0.3 is 5.97 Å². The second kappa shape index (κ2) is 12.5. The number of hydrogen-bond donors (Lipinski definition) is 2. The number of nitrogens with zero attached hydrogens (tertiary/aromatic N) is 3. The molecule has 212 valence electrons. The van der Waals surface area contributed by atoms with Gasteiger partial charge in [0, 0.05) is 18.2 Å². The molecular weight excluding hydrogens is 566 g/mol. The van der Waals surface area contributed by atoms with Crippen molar-refractivity contribution in [2.75, 3.05) is 32.3 Å². The number of nitrogen functional groups attached to an aromatic ring is 1. The topological polar surface area (TPSA) is 145 Å². The van der Waals surface area contributed by atoms with Crippen molar-refractivity contribution in [3.63, 3.8) is 0 Å². The molecule has 1 fully saturated rings. The monoisotopic (exact) mass is 593 g/mol. The molecule has 2 amide bonds. The van der Waals surface area contributed by atoms with Crippen LogP contribution in [0.1, 0.15) is 22.9 Å². The van der Waals surface area contributed by atoms with E-state index in [1.54, 1.807) is 5.38 Å². The van der Waals surface area contributed by atoms with E-state index in [4.69, 9.17) is 20.0 Å². The molecule has 1 unspecified atom stereocenters. The molecule has 3 aromatic rings. The lowest BCUT2D eigenvalue weighted by atomic mass is 10.0. The van der Waals surface area contributed by atoms with Crippen LogP contribution in [0, 0.1) is 0 Å². The number of carbonyl (C=O) groups excluding carboxylic acids is 3. The molecule has 41 heavy (non-hydrogen) atoms. The lowest BCUT2D eigenvalue weighted by Gasteiger charge is -2.49. The Hall–Kier alpha value is -4.20. The fourth-order valence-electron chi connectivity index (χ4n) is 4.61. The summed E-state index contributed by atoms with van der Waals surface area (Å²) in [4.78, 5) is 50.6. The second-order valence-corrected chi connectivity index (χ2v) is 11.0. The molecule has 0 aliphatic carbocycles. The molecule has 1 aromatic heterocycles. The van der Waals surface area contributed by atoms with Crippen LogP contribution in [0.25, 0.3) is 0 Å². The summed E-state index contributed by atoms with van der Waals surface area (Å²) < 4.78 is 11.4. The molecule has 3 heterocycles. The average molecular weight is 594 g/mol. The highest BCUT2D eigenvalue weighted by Gasteiger charge is 2.55. The molecule has 2 aromatic carbocycles. The van der Waals surface area contributed by atoms with E-state index in [9.17, 15) is 14.4 Å². The number of thioether (sulfide) groups is 1. The Balaban J connectivity index is 1.39. The van der Waals surface area contributed by atoms with E-state index in [-0.39, 0.29) is 28.8 Å². The number of benzene rings is 2. The highest BCUT2D eigenvalue weighted by molar-refractivity contribution is 8.00. The predicted octanol–water partition coefficient (Wildman–Crippen LogP) is 2.71. The van der Waals surface area contributed by atoms with Gasteiger partial charge in [0.2, 0.25) is 0 Å². The SMILES string of the molecule is COCC1=C(C(=O)OC(c2ccccc2)c2ccccc2)N2C(=O)C(NC(=O)C(=NOC)c3csc(N)n3)[C@H]2SC1. The molecule has 0 bridgehead atoms. The number of thiazole rings is 1. The van der Waals surface area contributed by atoms with Crippen molar-refractivity contribution in [3.8, 4) is 0 Å². The predicted molar refractivity (Wildman–Crippen MR) is 155 cm³/mol. The zero-order valence-corrected chi connectivity index (χ0v) is 23.8. The van der Waals surface area contributed by atoms with E-state index in [1.165, 1.54) is 30.9 Å². The zero-order valence-electron chi connectivity index (χ0n) is 22.2. The second-order valence-electron chi connectivity index (χ2n) is 9.05. The number of aromatic nitrogens is 1. The van der Waals surface area contributed by atoms with Gasteiger partial charge in [-0.05, 0) is 16.7 Å². The van der Waals surface area contributed by atoms with Gasteiger partial charge in [0.25, 0.3) is 11.8 Å². The molecular formula is C28H27N5O6S2. The summed E-state index contributed by atoms with van der Waals surface area (Å²) in [7, 11) is 2.82. The Morgan fingerprint density at radius 1 is 1.12 bits per heavy atom. The van der Waals surface area contributed by atoms with Crippen LogP contribution in [0.3, 0.4) is 0 Å². The van der Waals surface area contributed by atoms with E-state index in [0.29, 0.717) is 11.3 Å². The third-order valence-electron chi connectivity index (χ3n) is 6.44. The zero-order chi connectivity index (χ0) is 28.9. The quantitative estimate of drug-likeness (QED) is 0.157. The molecule has 2 aliphatic rings. The Bertz CT molecular complexity index is 1450. The number of carbonyl (C=O) groups is 3. The lowest BCUT2D eigenvalue weighted by Crippen LogP contribution is -2.71. The normalized spacial score (nSPS) is 18.6. The van der Waals surface area contributed by atoms with Gasteiger partial charge in [-0.1, -0.05) is 65.8 Å². The van der Waals surface area contributed by atoms with Crippen molar-refractivity contribution in [1.82, 2.24) is 15.2 Å². The maximum atomic E-state index is 13.8. The van der Waals surface area contributed by atoms with Crippen LogP contribution >= 0.6 is 23.1 Å². The average Bonchev–Trinajstić information content (AvgIpc) is 3.43. The fraction of sp³-hybridized carbons (Fsp3) is 0.250. The highest BCUT2D eigenvalue weighted by atomic mass is 32.2. The van der Waals surface area contributed by atoms with Crippen LogP contribution in [-0.2, 0) is 28.7 Å². The smallest absolute Gasteiger partial charge is 0.356 e. The van der Waals surface area contributed by atoms with Gasteiger partial charge in [-0.15, -0.1) is 23.1 Å². The van der Waals surface area contributed by atoms with Crippen molar-refractivity contribution < 1.29 is 28.7 Å². The molecule has 0 spiro atoms. The molecule has 3 N–H and O–H groups in total. The first kappa shape index (κ1) is 28.3. The lowest BCUT2D eigenvalue weighted by molar-refractivity contribution is -0.154. The molecule has 0 radical (unpaired) electrons. The standard InChI is InChI=1S/C28H27N5O6S2/c1-37-13-18-14-40-26-21(31-24(34)20(32-38-2)19-15-41-28(29)30-19)25(35)33(26)22(18)27(36)39-23(16-9-5-3-6-10-16)17-11-7-4-8-12-17/h3-12,15,21,23,26H,13-14H2,1-2H3,(H2,29,30)(H,31,34)/t21?,26-/m1/s1. The van der Waals surface area contributed by atoms with Gasteiger partial charge in [0.05, 0.1) is 6.61 Å². The third-order valence-corrected chi connectivity index (χ3v) is 8.45. The van der Waals surface area contributed by atoms with Crippen molar-refractivity contribution in [3.05, 3.63) is 94.1 Å². The minimum atomic E-state index is -0.906. The number of nitrogens with one attached hydrogen (secondary N) is 1. The van der Waals surface area contributed by atoms with Gasteiger partial charge in [-0.3, -0.25) is 14.5 Å². The Morgan fingerprint density at radius 3 is 2.34 bits per heavy atom. The molecule has 13 heteroatoms. The van der Waals surface area contributed by atoms with Gasteiger partial charge in [-0.2, -0.15) is 0 Å². The number of ether oxygens (including phenoxy) is 2. The van der Waals surface area contributed by atoms with Crippen LogP contribution in [0.4, 0.5) is 5.13 Å². The molecule has 0 saturated carbocycles. The summed E-state index contributed by atoms with van der Waals surface area (Å²) in [5.41, 5.74) is 8.14. The fourth-order valence-corrected chi connectivity index (χ4v) is 6.48. The summed E-state index contributed by atoms with van der Waals surface area (Å²) in [6, 6.07) is 17.9. The van der Waals surface area contributed by atoms with Crippen LogP contribution < -0.4 is 11.1 Å². The van der Waals surface area contributed by atoms with Gasteiger partial charge in [0.15, 0.2) is 16.9 Å².